The Labute approximate surface area is 162 Å². The van der Waals surface area contributed by atoms with Crippen LogP contribution in [0.1, 0.15) is 37.7 Å². The van der Waals surface area contributed by atoms with Gasteiger partial charge in [-0.05, 0) is 60.5 Å². The number of carbonyl (C=O) groups excluding carboxylic acids is 1. The van der Waals surface area contributed by atoms with Gasteiger partial charge in [-0.15, -0.1) is 0 Å². The van der Waals surface area contributed by atoms with Gasteiger partial charge < -0.3 is 0 Å². The van der Waals surface area contributed by atoms with Gasteiger partial charge in [0.2, 0.25) is 0 Å². The molecule has 27 heavy (non-hydrogen) atoms. The minimum absolute atomic E-state index is 0.0223. The third kappa shape index (κ3) is 4.11. The van der Waals surface area contributed by atoms with Crippen LogP contribution in [0.4, 0.5) is 10.2 Å². The second-order valence-electron chi connectivity index (χ2n) is 6.71. The molecule has 1 aliphatic heterocycles. The first-order chi connectivity index (χ1) is 13.2. The number of aliphatic imine (C=N–C) groups is 1. The standard InChI is InChI=1S/C21H20FN3OS/c22-16-11-9-15(10-12-16)14-18-20(26)25(17-6-2-1-3-7-17)21(27-18)24-19-8-4-5-13-23-19/h4-5,8-14,17H,1-3,6-7H2/b18-14-,24-21+. The highest BCUT2D eigenvalue weighted by atomic mass is 32.2. The molecule has 1 aromatic heterocycles. The molecule has 4 rings (SSSR count). The molecule has 1 saturated heterocycles. The molecule has 1 saturated carbocycles. The number of rotatable bonds is 3. The summed E-state index contributed by atoms with van der Waals surface area (Å²) in [5, 5.41) is 0.680. The van der Waals surface area contributed by atoms with Crippen molar-refractivity contribution in [1.29, 1.82) is 0 Å². The van der Waals surface area contributed by atoms with E-state index in [4.69, 9.17) is 0 Å². The SMILES string of the molecule is O=C1/C(=C/c2ccc(F)cc2)S/C(=N/c2ccccn2)N1C1CCCCC1. The first kappa shape index (κ1) is 17.9. The maximum Gasteiger partial charge on any atom is 0.267 e. The van der Waals surface area contributed by atoms with Crippen molar-refractivity contribution >= 4 is 34.7 Å². The Morgan fingerprint density at radius 1 is 1.11 bits per heavy atom. The Bertz CT molecular complexity index is 874. The Morgan fingerprint density at radius 2 is 1.89 bits per heavy atom. The molecule has 1 amide bonds. The predicted molar refractivity (Wildman–Crippen MR) is 107 cm³/mol. The van der Waals surface area contributed by atoms with Crippen LogP contribution < -0.4 is 0 Å². The molecule has 2 aromatic rings. The molecule has 4 nitrogen and oxygen atoms in total. The predicted octanol–water partition coefficient (Wildman–Crippen LogP) is 5.16. The maximum atomic E-state index is 13.2. The van der Waals surface area contributed by atoms with Crippen LogP contribution in [0.15, 0.2) is 58.6 Å². The number of benzene rings is 1. The molecule has 0 unspecified atom stereocenters. The summed E-state index contributed by atoms with van der Waals surface area (Å²) in [6, 6.07) is 11.9. The van der Waals surface area contributed by atoms with Crippen LogP contribution in [0, 0.1) is 5.82 Å². The topological polar surface area (TPSA) is 45.6 Å². The van der Waals surface area contributed by atoms with Crippen molar-refractivity contribution in [2.24, 2.45) is 4.99 Å². The van der Waals surface area contributed by atoms with E-state index in [1.54, 1.807) is 18.3 Å². The van der Waals surface area contributed by atoms with E-state index in [0.29, 0.717) is 15.9 Å². The van der Waals surface area contributed by atoms with E-state index in [1.165, 1.54) is 30.3 Å². The fourth-order valence-corrected chi connectivity index (χ4v) is 4.50. The summed E-state index contributed by atoms with van der Waals surface area (Å²) in [6.07, 6.45) is 8.98. The van der Waals surface area contributed by atoms with Gasteiger partial charge in [0.25, 0.3) is 5.91 Å². The number of nitrogens with zero attached hydrogens (tertiary/aromatic N) is 3. The zero-order valence-electron chi connectivity index (χ0n) is 14.8. The summed E-state index contributed by atoms with van der Waals surface area (Å²) < 4.78 is 13.2. The molecule has 1 aliphatic carbocycles. The summed E-state index contributed by atoms with van der Waals surface area (Å²) in [6.45, 7) is 0. The van der Waals surface area contributed by atoms with E-state index >= 15 is 0 Å². The fourth-order valence-electron chi connectivity index (χ4n) is 3.45. The van der Waals surface area contributed by atoms with E-state index in [0.717, 1.165) is 31.2 Å². The van der Waals surface area contributed by atoms with Gasteiger partial charge in [0.05, 0.1) is 4.91 Å². The molecule has 0 N–H and O–H groups in total. The number of amides is 1. The smallest absolute Gasteiger partial charge is 0.267 e. The fraction of sp³-hybridized carbons (Fsp3) is 0.286. The molecule has 6 heteroatoms. The van der Waals surface area contributed by atoms with Crippen LogP contribution in [-0.4, -0.2) is 27.0 Å². The molecule has 0 radical (unpaired) electrons. The number of pyridine rings is 1. The molecule has 1 aromatic carbocycles. The average molecular weight is 381 g/mol. The van der Waals surface area contributed by atoms with Gasteiger partial charge >= 0.3 is 0 Å². The van der Waals surface area contributed by atoms with Gasteiger partial charge in [-0.3, -0.25) is 9.69 Å². The van der Waals surface area contributed by atoms with E-state index in [9.17, 15) is 9.18 Å². The highest BCUT2D eigenvalue weighted by Gasteiger charge is 2.38. The minimum atomic E-state index is -0.288. The summed E-state index contributed by atoms with van der Waals surface area (Å²) >= 11 is 1.37. The molecular weight excluding hydrogens is 361 g/mol. The van der Waals surface area contributed by atoms with Crippen molar-refractivity contribution in [3.8, 4) is 0 Å². The number of carbonyl (C=O) groups is 1. The van der Waals surface area contributed by atoms with E-state index in [2.05, 4.69) is 9.98 Å². The van der Waals surface area contributed by atoms with Crippen LogP contribution in [0.2, 0.25) is 0 Å². The van der Waals surface area contributed by atoms with E-state index in [1.807, 2.05) is 29.2 Å². The van der Waals surface area contributed by atoms with E-state index in [-0.39, 0.29) is 17.8 Å². The Balaban J connectivity index is 1.68. The monoisotopic (exact) mass is 381 g/mol. The van der Waals surface area contributed by atoms with Gasteiger partial charge in [0.15, 0.2) is 11.0 Å². The lowest BCUT2D eigenvalue weighted by atomic mass is 9.94. The molecule has 138 valence electrons. The summed E-state index contributed by atoms with van der Waals surface area (Å²) in [5.74, 6) is 0.284. The first-order valence-corrected chi connectivity index (χ1v) is 10.0. The van der Waals surface area contributed by atoms with Gasteiger partial charge in [0.1, 0.15) is 5.82 Å². The number of amidine groups is 1. The lowest BCUT2D eigenvalue weighted by Gasteiger charge is -2.30. The Kier molecular flexibility index (Phi) is 5.34. The van der Waals surface area contributed by atoms with Gasteiger partial charge in [0, 0.05) is 12.2 Å². The molecule has 2 heterocycles. The second-order valence-corrected chi connectivity index (χ2v) is 7.72. The van der Waals surface area contributed by atoms with Crippen LogP contribution in [0.25, 0.3) is 6.08 Å². The van der Waals surface area contributed by atoms with Gasteiger partial charge in [-0.1, -0.05) is 37.5 Å². The normalized spacial score (nSPS) is 21.4. The number of thioether (sulfide) groups is 1. The minimum Gasteiger partial charge on any atom is -0.283 e. The van der Waals surface area contributed by atoms with Crippen LogP contribution in [-0.2, 0) is 4.79 Å². The highest BCUT2D eigenvalue weighted by Crippen LogP contribution is 2.38. The lowest BCUT2D eigenvalue weighted by Crippen LogP contribution is -2.40. The number of hydrogen-bond acceptors (Lipinski definition) is 4. The summed E-state index contributed by atoms with van der Waals surface area (Å²) in [7, 11) is 0. The molecule has 2 aliphatic rings. The molecule has 2 fully saturated rings. The van der Waals surface area contributed by atoms with Crippen LogP contribution >= 0.6 is 11.8 Å². The number of aromatic nitrogens is 1. The summed E-state index contributed by atoms with van der Waals surface area (Å²) in [4.78, 5) is 24.5. The quantitative estimate of drug-likeness (QED) is 0.690. The summed E-state index contributed by atoms with van der Waals surface area (Å²) in [5.41, 5.74) is 0.801. The Hall–Kier alpha value is -2.47. The average Bonchev–Trinajstić information content (AvgIpc) is 3.00. The zero-order chi connectivity index (χ0) is 18.6. The van der Waals surface area contributed by atoms with Crippen LogP contribution in [0.5, 0.6) is 0 Å². The molecule has 0 atom stereocenters. The first-order valence-electron chi connectivity index (χ1n) is 9.19. The van der Waals surface area contributed by atoms with Crippen LogP contribution in [0.3, 0.4) is 0 Å². The Morgan fingerprint density at radius 3 is 2.59 bits per heavy atom. The third-order valence-electron chi connectivity index (χ3n) is 4.80. The largest absolute Gasteiger partial charge is 0.283 e. The zero-order valence-corrected chi connectivity index (χ0v) is 15.7. The van der Waals surface area contributed by atoms with Crippen molar-refractivity contribution in [2.75, 3.05) is 0 Å². The second kappa shape index (κ2) is 8.05. The number of halogens is 1. The molecular formula is C21H20FN3OS. The number of hydrogen-bond donors (Lipinski definition) is 0. The molecule has 0 spiro atoms. The van der Waals surface area contributed by atoms with Crippen molar-refractivity contribution < 1.29 is 9.18 Å². The van der Waals surface area contributed by atoms with Gasteiger partial charge in [-0.2, -0.15) is 0 Å². The van der Waals surface area contributed by atoms with Gasteiger partial charge in [-0.25, -0.2) is 14.4 Å². The van der Waals surface area contributed by atoms with Crippen molar-refractivity contribution in [3.05, 3.63) is 64.9 Å². The maximum absolute atomic E-state index is 13.2. The molecule has 0 bridgehead atoms. The highest BCUT2D eigenvalue weighted by molar-refractivity contribution is 8.18. The van der Waals surface area contributed by atoms with E-state index < -0.39 is 0 Å². The van der Waals surface area contributed by atoms with Crippen molar-refractivity contribution in [2.45, 2.75) is 38.1 Å². The third-order valence-corrected chi connectivity index (χ3v) is 5.79. The van der Waals surface area contributed by atoms with Crippen molar-refractivity contribution in [1.82, 2.24) is 9.88 Å². The lowest BCUT2D eigenvalue weighted by molar-refractivity contribution is -0.124. The van der Waals surface area contributed by atoms with Crippen molar-refractivity contribution in [3.63, 3.8) is 0 Å².